The van der Waals surface area contributed by atoms with Crippen molar-refractivity contribution in [2.45, 2.75) is 18.9 Å². The van der Waals surface area contributed by atoms with Gasteiger partial charge in [-0.25, -0.2) is 0 Å². The highest BCUT2D eigenvalue weighted by atomic mass is 16.2. The first-order chi connectivity index (χ1) is 10.6. The molecule has 22 heavy (non-hydrogen) atoms. The highest BCUT2D eigenvalue weighted by Gasteiger charge is 2.32. The first kappa shape index (κ1) is 14.3. The van der Waals surface area contributed by atoms with E-state index in [4.69, 9.17) is 0 Å². The molecule has 1 atom stereocenters. The summed E-state index contributed by atoms with van der Waals surface area (Å²) in [6.45, 7) is 0.542. The number of amides is 2. The van der Waals surface area contributed by atoms with Crippen molar-refractivity contribution in [2.75, 3.05) is 12.4 Å². The van der Waals surface area contributed by atoms with Gasteiger partial charge in [-0.05, 0) is 17.2 Å². The Bertz CT molecular complexity index is 697. The Morgan fingerprint density at radius 2 is 1.82 bits per heavy atom. The predicted molar refractivity (Wildman–Crippen MR) is 85.3 cm³/mol. The van der Waals surface area contributed by atoms with Gasteiger partial charge in [-0.1, -0.05) is 48.5 Å². The molecule has 1 aliphatic heterocycles. The Hall–Kier alpha value is -2.62. The molecule has 0 fully saturated rings. The van der Waals surface area contributed by atoms with Crippen LogP contribution in [0.1, 0.15) is 23.5 Å². The molecule has 4 nitrogen and oxygen atoms in total. The Morgan fingerprint density at radius 3 is 2.59 bits per heavy atom. The van der Waals surface area contributed by atoms with Gasteiger partial charge in [-0.15, -0.1) is 0 Å². The Kier molecular flexibility index (Phi) is 3.92. The van der Waals surface area contributed by atoms with Crippen molar-refractivity contribution < 1.29 is 9.59 Å². The van der Waals surface area contributed by atoms with Crippen molar-refractivity contribution in [1.82, 2.24) is 4.90 Å². The molecule has 0 bridgehead atoms. The Balaban J connectivity index is 1.81. The zero-order valence-corrected chi connectivity index (χ0v) is 12.5. The lowest BCUT2D eigenvalue weighted by Gasteiger charge is -2.28. The standard InChI is InChI=1S/C18H18N2O2/c1-20(12-13-7-3-2-4-8-13)18(22)15-11-17(21)19-16-10-6-5-9-14(15)16/h2-10,15H,11-12H2,1H3,(H,19,21). The largest absolute Gasteiger partial charge is 0.341 e. The van der Waals surface area contributed by atoms with Gasteiger partial charge in [0.2, 0.25) is 11.8 Å². The van der Waals surface area contributed by atoms with E-state index in [0.717, 1.165) is 16.8 Å². The second-order valence-corrected chi connectivity index (χ2v) is 5.57. The minimum Gasteiger partial charge on any atom is -0.341 e. The van der Waals surface area contributed by atoms with Gasteiger partial charge in [0.25, 0.3) is 0 Å². The number of benzene rings is 2. The van der Waals surface area contributed by atoms with Crippen molar-refractivity contribution in [3.63, 3.8) is 0 Å². The van der Waals surface area contributed by atoms with Crippen molar-refractivity contribution in [3.8, 4) is 0 Å². The fraction of sp³-hybridized carbons (Fsp3) is 0.222. The van der Waals surface area contributed by atoms with E-state index in [1.165, 1.54) is 0 Å². The summed E-state index contributed by atoms with van der Waals surface area (Å²) in [5.41, 5.74) is 2.71. The molecule has 0 saturated carbocycles. The summed E-state index contributed by atoms with van der Waals surface area (Å²) in [4.78, 5) is 26.3. The first-order valence-corrected chi connectivity index (χ1v) is 7.33. The molecular formula is C18H18N2O2. The summed E-state index contributed by atoms with van der Waals surface area (Å²) in [5.74, 6) is -0.532. The lowest BCUT2D eigenvalue weighted by molar-refractivity contribution is -0.134. The molecule has 3 rings (SSSR count). The summed E-state index contributed by atoms with van der Waals surface area (Å²) in [6, 6.07) is 17.3. The molecule has 4 heteroatoms. The molecule has 0 radical (unpaired) electrons. The van der Waals surface area contributed by atoms with Crippen LogP contribution >= 0.6 is 0 Å². The van der Waals surface area contributed by atoms with Gasteiger partial charge >= 0.3 is 0 Å². The number of nitrogens with zero attached hydrogens (tertiary/aromatic N) is 1. The van der Waals surface area contributed by atoms with E-state index in [-0.39, 0.29) is 18.2 Å². The molecule has 1 aliphatic rings. The van der Waals surface area contributed by atoms with Crippen LogP contribution in [0.25, 0.3) is 0 Å². The number of carbonyl (C=O) groups is 2. The van der Waals surface area contributed by atoms with Crippen molar-refractivity contribution in [2.24, 2.45) is 0 Å². The van der Waals surface area contributed by atoms with Gasteiger partial charge in [0.15, 0.2) is 0 Å². The van der Waals surface area contributed by atoms with Gasteiger partial charge in [-0.3, -0.25) is 9.59 Å². The second kappa shape index (κ2) is 6.02. The van der Waals surface area contributed by atoms with Crippen molar-refractivity contribution in [1.29, 1.82) is 0 Å². The predicted octanol–water partition coefficient (Wildman–Crippen LogP) is 2.77. The maximum atomic E-state index is 12.8. The number of hydrogen-bond acceptors (Lipinski definition) is 2. The molecule has 1 heterocycles. The van der Waals surface area contributed by atoms with Gasteiger partial charge < -0.3 is 10.2 Å². The monoisotopic (exact) mass is 294 g/mol. The molecule has 0 aromatic heterocycles. The molecule has 2 aromatic carbocycles. The lowest BCUT2D eigenvalue weighted by atomic mass is 9.89. The number of hydrogen-bond donors (Lipinski definition) is 1. The summed E-state index contributed by atoms with van der Waals surface area (Å²) in [5, 5.41) is 2.82. The van der Waals surface area contributed by atoms with Gasteiger partial charge in [0.05, 0.1) is 5.92 Å². The van der Waals surface area contributed by atoms with E-state index in [2.05, 4.69) is 5.32 Å². The van der Waals surface area contributed by atoms with Crippen LogP contribution in [-0.2, 0) is 16.1 Å². The molecule has 0 aliphatic carbocycles. The van der Waals surface area contributed by atoms with E-state index >= 15 is 0 Å². The average molecular weight is 294 g/mol. The van der Waals surface area contributed by atoms with Crippen LogP contribution in [0.2, 0.25) is 0 Å². The summed E-state index contributed by atoms with van der Waals surface area (Å²) in [7, 11) is 1.78. The van der Waals surface area contributed by atoms with Crippen molar-refractivity contribution in [3.05, 3.63) is 65.7 Å². The number of carbonyl (C=O) groups excluding carboxylic acids is 2. The Labute approximate surface area is 129 Å². The minimum atomic E-state index is -0.404. The summed E-state index contributed by atoms with van der Waals surface area (Å²) >= 11 is 0. The third-order valence-corrected chi connectivity index (χ3v) is 3.94. The zero-order valence-electron chi connectivity index (χ0n) is 12.5. The number of fused-ring (bicyclic) bond motifs is 1. The van der Waals surface area contributed by atoms with Crippen LogP contribution in [-0.4, -0.2) is 23.8 Å². The normalized spacial score (nSPS) is 16.6. The molecule has 0 saturated heterocycles. The highest BCUT2D eigenvalue weighted by Crippen LogP contribution is 2.33. The Morgan fingerprint density at radius 1 is 1.14 bits per heavy atom. The van der Waals surface area contributed by atoms with Crippen LogP contribution in [0.4, 0.5) is 5.69 Å². The average Bonchev–Trinajstić information content (AvgIpc) is 2.54. The van der Waals surface area contributed by atoms with Crippen LogP contribution in [0, 0.1) is 0 Å². The zero-order chi connectivity index (χ0) is 15.5. The molecule has 2 aromatic rings. The highest BCUT2D eigenvalue weighted by molar-refractivity contribution is 6.01. The molecule has 1 unspecified atom stereocenters. The number of likely N-dealkylation sites (N-methyl/N-ethyl adjacent to an activating group) is 1. The topological polar surface area (TPSA) is 49.4 Å². The maximum absolute atomic E-state index is 12.8. The van der Waals surface area contributed by atoms with E-state index in [1.54, 1.807) is 11.9 Å². The van der Waals surface area contributed by atoms with E-state index in [1.807, 2.05) is 54.6 Å². The molecular weight excluding hydrogens is 276 g/mol. The second-order valence-electron chi connectivity index (χ2n) is 5.57. The molecule has 2 amide bonds. The quantitative estimate of drug-likeness (QED) is 0.946. The van der Waals surface area contributed by atoms with Gasteiger partial charge in [0.1, 0.15) is 0 Å². The van der Waals surface area contributed by atoms with Crippen LogP contribution < -0.4 is 5.32 Å². The lowest BCUT2D eigenvalue weighted by Crippen LogP contribution is -2.36. The first-order valence-electron chi connectivity index (χ1n) is 7.33. The molecule has 112 valence electrons. The van der Waals surface area contributed by atoms with Crippen LogP contribution in [0.3, 0.4) is 0 Å². The van der Waals surface area contributed by atoms with E-state index in [9.17, 15) is 9.59 Å². The third-order valence-electron chi connectivity index (χ3n) is 3.94. The van der Waals surface area contributed by atoms with Crippen LogP contribution in [0.15, 0.2) is 54.6 Å². The van der Waals surface area contributed by atoms with E-state index in [0.29, 0.717) is 6.54 Å². The number of rotatable bonds is 3. The third kappa shape index (κ3) is 2.86. The number of para-hydroxylation sites is 1. The summed E-state index contributed by atoms with van der Waals surface area (Å²) in [6.07, 6.45) is 0.203. The fourth-order valence-electron chi connectivity index (χ4n) is 2.83. The summed E-state index contributed by atoms with van der Waals surface area (Å²) < 4.78 is 0. The minimum absolute atomic E-state index is 0.0221. The fourth-order valence-corrected chi connectivity index (χ4v) is 2.83. The maximum Gasteiger partial charge on any atom is 0.230 e. The van der Waals surface area contributed by atoms with Gasteiger partial charge in [0, 0.05) is 25.7 Å². The van der Waals surface area contributed by atoms with Gasteiger partial charge in [-0.2, -0.15) is 0 Å². The van der Waals surface area contributed by atoms with Crippen molar-refractivity contribution >= 4 is 17.5 Å². The number of anilines is 1. The molecule has 1 N–H and O–H groups in total. The SMILES string of the molecule is CN(Cc1ccccc1)C(=O)C1CC(=O)Nc2ccccc21. The smallest absolute Gasteiger partial charge is 0.230 e. The number of nitrogens with one attached hydrogen (secondary N) is 1. The van der Waals surface area contributed by atoms with Crippen LogP contribution in [0.5, 0.6) is 0 Å². The molecule has 0 spiro atoms. The van der Waals surface area contributed by atoms with E-state index < -0.39 is 5.92 Å².